The van der Waals surface area contributed by atoms with Gasteiger partial charge in [0.1, 0.15) is 0 Å². The minimum atomic E-state index is 0.108. The molecule has 0 bridgehead atoms. The Morgan fingerprint density at radius 2 is 2.05 bits per heavy atom. The second kappa shape index (κ2) is 5.55. The van der Waals surface area contributed by atoms with Crippen LogP contribution in [0.25, 0.3) is 0 Å². The van der Waals surface area contributed by atoms with Gasteiger partial charge in [0.25, 0.3) is 0 Å². The number of carbonyl (C=O) groups excluding carboxylic acids is 1. The number of aryl methyl sites for hydroxylation is 1. The lowest BCUT2D eigenvalue weighted by Gasteiger charge is -2.04. The van der Waals surface area contributed by atoms with Gasteiger partial charge in [0.15, 0.2) is 5.78 Å². The summed E-state index contributed by atoms with van der Waals surface area (Å²) in [5, 5.41) is 0. The molecule has 0 saturated carbocycles. The lowest BCUT2D eigenvalue weighted by Crippen LogP contribution is -2.06. The Labute approximate surface area is 118 Å². The average molecular weight is 267 g/mol. The number of Topliss-reactive ketones (excluding diaryl/α,β-unsaturated/α-hetero) is 1. The number of hydrogen-bond donors (Lipinski definition) is 0. The van der Waals surface area contributed by atoms with Crippen LogP contribution in [0.2, 0.25) is 0 Å². The normalized spacial score (nSPS) is 13.2. The van der Waals surface area contributed by atoms with Gasteiger partial charge in [-0.15, -0.1) is 0 Å². The molecule has 0 unspecified atom stereocenters. The van der Waals surface area contributed by atoms with Gasteiger partial charge in [-0.05, 0) is 35.2 Å². The van der Waals surface area contributed by atoms with E-state index in [0.29, 0.717) is 19.6 Å². The number of rotatable bonds is 4. The summed E-state index contributed by atoms with van der Waals surface area (Å²) in [5.74, 6) is 0.108. The Morgan fingerprint density at radius 1 is 1.20 bits per heavy atom. The molecule has 2 heterocycles. The standard InChI is InChI=1S/C17H17NO2/c1-2-12-3-6-16(18-9-12)8-17(19)13-4-5-14-10-20-11-15(14)7-13/h3-7,9H,2,8,10-11H2,1H3. The lowest BCUT2D eigenvalue weighted by molar-refractivity contribution is 0.0991. The van der Waals surface area contributed by atoms with E-state index in [1.165, 1.54) is 11.1 Å². The Kier molecular flexibility index (Phi) is 3.61. The number of nitrogens with zero attached hydrogens (tertiary/aromatic N) is 1. The van der Waals surface area contributed by atoms with Crippen molar-refractivity contribution in [3.05, 3.63) is 64.5 Å². The zero-order valence-corrected chi connectivity index (χ0v) is 11.6. The van der Waals surface area contributed by atoms with E-state index in [1.54, 1.807) is 0 Å². The molecular weight excluding hydrogens is 250 g/mol. The number of pyridine rings is 1. The van der Waals surface area contributed by atoms with Crippen molar-refractivity contribution in [2.75, 3.05) is 0 Å². The molecule has 0 atom stereocenters. The molecule has 2 aromatic rings. The Bertz CT molecular complexity index is 632. The highest BCUT2D eigenvalue weighted by atomic mass is 16.5. The number of aromatic nitrogens is 1. The van der Waals surface area contributed by atoms with Crippen molar-refractivity contribution >= 4 is 5.78 Å². The van der Waals surface area contributed by atoms with E-state index in [0.717, 1.165) is 23.2 Å². The molecule has 20 heavy (non-hydrogen) atoms. The fraction of sp³-hybridized carbons (Fsp3) is 0.294. The van der Waals surface area contributed by atoms with Crippen LogP contribution in [0.1, 0.15) is 39.7 Å². The van der Waals surface area contributed by atoms with Crippen molar-refractivity contribution in [2.24, 2.45) is 0 Å². The Hall–Kier alpha value is -2.00. The van der Waals surface area contributed by atoms with Crippen LogP contribution >= 0.6 is 0 Å². The monoisotopic (exact) mass is 267 g/mol. The first-order valence-corrected chi connectivity index (χ1v) is 6.93. The van der Waals surface area contributed by atoms with Crippen LogP contribution in [-0.4, -0.2) is 10.8 Å². The maximum atomic E-state index is 12.3. The fourth-order valence-corrected chi connectivity index (χ4v) is 2.38. The first-order valence-electron chi connectivity index (χ1n) is 6.93. The average Bonchev–Trinajstić information content (AvgIpc) is 2.95. The summed E-state index contributed by atoms with van der Waals surface area (Å²) in [6.07, 6.45) is 3.16. The van der Waals surface area contributed by atoms with Crippen molar-refractivity contribution in [3.8, 4) is 0 Å². The van der Waals surface area contributed by atoms with Gasteiger partial charge >= 0.3 is 0 Å². The zero-order chi connectivity index (χ0) is 13.9. The number of ketones is 1. The van der Waals surface area contributed by atoms with Crippen LogP contribution in [0.3, 0.4) is 0 Å². The van der Waals surface area contributed by atoms with Gasteiger partial charge in [-0.1, -0.05) is 25.1 Å². The molecule has 102 valence electrons. The quantitative estimate of drug-likeness (QED) is 0.799. The van der Waals surface area contributed by atoms with Crippen LogP contribution in [0.5, 0.6) is 0 Å². The molecule has 1 aliphatic rings. The predicted molar refractivity (Wildman–Crippen MR) is 76.6 cm³/mol. The van der Waals surface area contributed by atoms with Gasteiger partial charge in [0, 0.05) is 17.5 Å². The second-order valence-corrected chi connectivity index (χ2v) is 5.09. The molecule has 1 aliphatic heterocycles. The first-order chi connectivity index (χ1) is 9.76. The van der Waals surface area contributed by atoms with E-state index >= 15 is 0 Å². The SMILES string of the molecule is CCc1ccc(CC(=O)c2ccc3c(c2)COC3)nc1. The van der Waals surface area contributed by atoms with Gasteiger partial charge in [-0.25, -0.2) is 0 Å². The van der Waals surface area contributed by atoms with Crippen LogP contribution in [0, 0.1) is 0 Å². The second-order valence-electron chi connectivity index (χ2n) is 5.09. The third-order valence-corrected chi connectivity index (χ3v) is 3.68. The molecule has 3 heteroatoms. The zero-order valence-electron chi connectivity index (χ0n) is 11.6. The number of carbonyl (C=O) groups is 1. The Morgan fingerprint density at radius 3 is 2.80 bits per heavy atom. The van der Waals surface area contributed by atoms with Gasteiger partial charge in [0.05, 0.1) is 19.6 Å². The summed E-state index contributed by atoms with van der Waals surface area (Å²) in [6.45, 7) is 3.36. The number of benzene rings is 1. The maximum absolute atomic E-state index is 12.3. The topological polar surface area (TPSA) is 39.2 Å². The number of fused-ring (bicyclic) bond motifs is 1. The molecule has 1 aromatic heterocycles. The van der Waals surface area contributed by atoms with E-state index in [2.05, 4.69) is 11.9 Å². The largest absolute Gasteiger partial charge is 0.372 e. The molecule has 0 amide bonds. The van der Waals surface area contributed by atoms with Crippen molar-refractivity contribution in [2.45, 2.75) is 33.0 Å². The fourth-order valence-electron chi connectivity index (χ4n) is 2.38. The molecule has 3 nitrogen and oxygen atoms in total. The minimum absolute atomic E-state index is 0.108. The predicted octanol–water partition coefficient (Wildman–Crippen LogP) is 3.10. The van der Waals surface area contributed by atoms with E-state index in [9.17, 15) is 4.79 Å². The van der Waals surface area contributed by atoms with Crippen LogP contribution in [-0.2, 0) is 30.8 Å². The van der Waals surface area contributed by atoms with Crippen molar-refractivity contribution in [3.63, 3.8) is 0 Å². The molecular formula is C17H17NO2. The van der Waals surface area contributed by atoms with Gasteiger partial charge in [-0.2, -0.15) is 0 Å². The Balaban J connectivity index is 1.75. The lowest BCUT2D eigenvalue weighted by atomic mass is 10.0. The van der Waals surface area contributed by atoms with E-state index < -0.39 is 0 Å². The van der Waals surface area contributed by atoms with Gasteiger partial charge in [-0.3, -0.25) is 9.78 Å². The van der Waals surface area contributed by atoms with Crippen molar-refractivity contribution < 1.29 is 9.53 Å². The maximum Gasteiger partial charge on any atom is 0.168 e. The smallest absolute Gasteiger partial charge is 0.168 e. The molecule has 0 fully saturated rings. The van der Waals surface area contributed by atoms with E-state index in [1.807, 2.05) is 36.5 Å². The minimum Gasteiger partial charge on any atom is -0.372 e. The highest BCUT2D eigenvalue weighted by Gasteiger charge is 2.14. The highest BCUT2D eigenvalue weighted by Crippen LogP contribution is 2.21. The van der Waals surface area contributed by atoms with Crippen LogP contribution < -0.4 is 0 Å². The first kappa shape index (κ1) is 13.0. The van der Waals surface area contributed by atoms with Gasteiger partial charge in [0.2, 0.25) is 0 Å². The number of ether oxygens (including phenoxy) is 1. The summed E-state index contributed by atoms with van der Waals surface area (Å²) in [4.78, 5) is 16.6. The van der Waals surface area contributed by atoms with E-state index in [-0.39, 0.29) is 5.78 Å². The molecule has 3 rings (SSSR count). The molecule has 0 N–H and O–H groups in total. The summed E-state index contributed by atoms with van der Waals surface area (Å²) in [6, 6.07) is 9.80. The summed E-state index contributed by atoms with van der Waals surface area (Å²) in [5.41, 5.74) is 5.08. The third-order valence-electron chi connectivity index (χ3n) is 3.68. The van der Waals surface area contributed by atoms with Gasteiger partial charge < -0.3 is 4.74 Å². The van der Waals surface area contributed by atoms with Crippen LogP contribution in [0.15, 0.2) is 36.5 Å². The summed E-state index contributed by atoms with van der Waals surface area (Å²) in [7, 11) is 0. The molecule has 0 aliphatic carbocycles. The third kappa shape index (κ3) is 2.63. The van der Waals surface area contributed by atoms with Crippen molar-refractivity contribution in [1.82, 2.24) is 4.98 Å². The molecule has 0 saturated heterocycles. The summed E-state index contributed by atoms with van der Waals surface area (Å²) >= 11 is 0. The molecule has 1 aromatic carbocycles. The van der Waals surface area contributed by atoms with Crippen molar-refractivity contribution in [1.29, 1.82) is 0 Å². The number of hydrogen-bond acceptors (Lipinski definition) is 3. The van der Waals surface area contributed by atoms with E-state index in [4.69, 9.17) is 4.74 Å². The molecule has 0 spiro atoms. The summed E-state index contributed by atoms with van der Waals surface area (Å²) < 4.78 is 5.37. The highest BCUT2D eigenvalue weighted by molar-refractivity contribution is 5.97. The molecule has 0 radical (unpaired) electrons. The van der Waals surface area contributed by atoms with Crippen LogP contribution in [0.4, 0.5) is 0 Å².